The zero-order chi connectivity index (χ0) is 19.4. The van der Waals surface area contributed by atoms with Gasteiger partial charge in [-0.3, -0.25) is 0 Å². The van der Waals surface area contributed by atoms with Crippen molar-refractivity contribution in [1.29, 1.82) is 0 Å². The predicted molar refractivity (Wildman–Crippen MR) is 106 cm³/mol. The average molecular weight is 366 g/mol. The van der Waals surface area contributed by atoms with E-state index in [-0.39, 0.29) is 11.5 Å². The smallest absolute Gasteiger partial charge is 0.147 e. The van der Waals surface area contributed by atoms with Gasteiger partial charge in [-0.25, -0.2) is 0 Å². The molecule has 0 saturated carbocycles. The zero-order valence-corrected chi connectivity index (χ0v) is 15.8. The molecule has 0 heterocycles. The van der Waals surface area contributed by atoms with Gasteiger partial charge >= 0.3 is 0 Å². The number of fused-ring (bicyclic) bond motifs is 1. The maximum Gasteiger partial charge on any atom is 0.147 e. The molecule has 3 rings (SSSR count). The Kier molecular flexibility index (Phi) is 5.28. The molecule has 0 atom stereocenters. The second kappa shape index (κ2) is 7.63. The highest BCUT2D eigenvalue weighted by atomic mass is 16.5. The Bertz CT molecular complexity index is 973. The summed E-state index contributed by atoms with van der Waals surface area (Å²) in [6.07, 6.45) is 0. The number of aromatic hydroxyl groups is 2. The van der Waals surface area contributed by atoms with Crippen molar-refractivity contribution in [2.24, 2.45) is 10.2 Å². The second-order valence-corrected chi connectivity index (χ2v) is 7.37. The fraction of sp³-hybridized carbons (Fsp3) is 0.238. The summed E-state index contributed by atoms with van der Waals surface area (Å²) < 4.78 is 6.67. The molecule has 0 spiro atoms. The van der Waals surface area contributed by atoms with Gasteiger partial charge < -0.3 is 19.4 Å². The number of nitrogens with zero attached hydrogens (tertiary/aromatic N) is 3. The largest absolute Gasteiger partial charge is 0.508 e. The summed E-state index contributed by atoms with van der Waals surface area (Å²) in [5.74, 6) is 0.742. The molecule has 0 amide bonds. The molecule has 140 valence electrons. The molecular formula is C21H24N3O3+. The molecule has 3 aromatic rings. The number of para-hydroxylation sites is 1. The topological polar surface area (TPSA) is 74.4 Å². The van der Waals surface area contributed by atoms with E-state index in [4.69, 9.17) is 4.74 Å². The van der Waals surface area contributed by atoms with E-state index in [2.05, 4.69) is 31.4 Å². The molecule has 6 nitrogen and oxygen atoms in total. The molecule has 2 N–H and O–H groups in total. The number of ether oxygens (including phenoxy) is 1. The van der Waals surface area contributed by atoms with Gasteiger partial charge in [0.25, 0.3) is 0 Å². The maximum atomic E-state index is 10.2. The summed E-state index contributed by atoms with van der Waals surface area (Å²) in [6.45, 7) is 1.41. The molecule has 6 heteroatoms. The Labute approximate surface area is 158 Å². The molecule has 0 radical (unpaired) electrons. The Morgan fingerprint density at radius 1 is 0.926 bits per heavy atom. The van der Waals surface area contributed by atoms with Crippen LogP contribution in [0.2, 0.25) is 0 Å². The molecule has 0 unspecified atom stereocenters. The van der Waals surface area contributed by atoms with Crippen LogP contribution >= 0.6 is 0 Å². The number of quaternary nitrogens is 1. The zero-order valence-electron chi connectivity index (χ0n) is 15.8. The SMILES string of the molecule is C[N+](C)(C)CCOc1ccccc1N=Nc1c(O)ccc2ccc(O)cc12. The number of azo groups is 1. The minimum absolute atomic E-state index is 0.000261. The monoisotopic (exact) mass is 366 g/mol. The van der Waals surface area contributed by atoms with Crippen molar-refractivity contribution in [3.63, 3.8) is 0 Å². The van der Waals surface area contributed by atoms with Gasteiger partial charge in [-0.15, -0.1) is 10.2 Å². The van der Waals surface area contributed by atoms with Crippen LogP contribution in [0.4, 0.5) is 11.4 Å². The van der Waals surface area contributed by atoms with E-state index in [0.29, 0.717) is 29.1 Å². The van der Waals surface area contributed by atoms with Crippen LogP contribution in [0.5, 0.6) is 17.2 Å². The molecule has 27 heavy (non-hydrogen) atoms. The van der Waals surface area contributed by atoms with Crippen molar-refractivity contribution in [2.75, 3.05) is 34.3 Å². The van der Waals surface area contributed by atoms with Gasteiger partial charge in [0.1, 0.15) is 41.8 Å². The van der Waals surface area contributed by atoms with Crippen molar-refractivity contribution in [3.8, 4) is 17.2 Å². The third kappa shape index (κ3) is 4.74. The molecule has 0 fully saturated rings. The molecular weight excluding hydrogens is 342 g/mol. The van der Waals surface area contributed by atoms with Crippen LogP contribution in [-0.4, -0.2) is 49.0 Å². The van der Waals surface area contributed by atoms with Crippen molar-refractivity contribution in [1.82, 2.24) is 0 Å². The van der Waals surface area contributed by atoms with E-state index in [1.165, 1.54) is 0 Å². The number of phenols is 2. The third-order valence-corrected chi connectivity index (χ3v) is 4.10. The van der Waals surface area contributed by atoms with E-state index in [0.717, 1.165) is 16.4 Å². The number of rotatable bonds is 6. The average Bonchev–Trinajstić information content (AvgIpc) is 2.61. The first kappa shape index (κ1) is 18.7. The third-order valence-electron chi connectivity index (χ3n) is 4.10. The normalized spacial score (nSPS) is 12.0. The Balaban J connectivity index is 1.90. The standard InChI is InChI=1S/C21H23N3O3/c1-24(2,3)12-13-27-20-7-5-4-6-18(20)22-23-21-17-14-16(25)10-8-15(17)9-11-19(21)26/h4-11,14H,12-13H2,1-3H3,(H-,22,25,26)/p+1. The lowest BCUT2D eigenvalue weighted by atomic mass is 10.1. The minimum atomic E-state index is 0.000261. The summed E-state index contributed by atoms with van der Waals surface area (Å²) in [5.41, 5.74) is 0.889. The van der Waals surface area contributed by atoms with E-state index in [1.807, 2.05) is 24.3 Å². The molecule has 0 aliphatic carbocycles. The summed E-state index contributed by atoms with van der Waals surface area (Å²) in [7, 11) is 6.31. The second-order valence-electron chi connectivity index (χ2n) is 7.37. The van der Waals surface area contributed by atoms with Gasteiger partial charge in [0.2, 0.25) is 0 Å². The summed E-state index contributed by atoms with van der Waals surface area (Å²) in [6, 6.07) is 15.7. The summed E-state index contributed by atoms with van der Waals surface area (Å²) in [4.78, 5) is 0. The van der Waals surface area contributed by atoms with Crippen LogP contribution in [0, 0.1) is 0 Å². The maximum absolute atomic E-state index is 10.2. The van der Waals surface area contributed by atoms with Crippen LogP contribution in [0.15, 0.2) is 64.8 Å². The van der Waals surface area contributed by atoms with E-state index >= 15 is 0 Å². The first-order chi connectivity index (χ1) is 12.8. The molecule has 0 aliphatic rings. The van der Waals surface area contributed by atoms with Crippen molar-refractivity contribution in [3.05, 3.63) is 54.6 Å². The van der Waals surface area contributed by atoms with Crippen LogP contribution in [0.1, 0.15) is 0 Å². The van der Waals surface area contributed by atoms with Gasteiger partial charge in [0, 0.05) is 5.39 Å². The van der Waals surface area contributed by atoms with Crippen LogP contribution in [0.25, 0.3) is 10.8 Å². The van der Waals surface area contributed by atoms with Gasteiger partial charge in [-0.05, 0) is 35.7 Å². The van der Waals surface area contributed by atoms with Crippen LogP contribution in [0.3, 0.4) is 0 Å². The van der Waals surface area contributed by atoms with Gasteiger partial charge in [0.15, 0.2) is 0 Å². The van der Waals surface area contributed by atoms with E-state index in [1.54, 1.807) is 30.3 Å². The Morgan fingerprint density at radius 3 is 2.44 bits per heavy atom. The molecule has 0 aromatic heterocycles. The van der Waals surface area contributed by atoms with Crippen LogP contribution in [-0.2, 0) is 0 Å². The lowest BCUT2D eigenvalue weighted by Crippen LogP contribution is -2.38. The lowest BCUT2D eigenvalue weighted by molar-refractivity contribution is -0.870. The number of hydrogen-bond donors (Lipinski definition) is 2. The highest BCUT2D eigenvalue weighted by molar-refractivity contribution is 5.96. The first-order valence-corrected chi connectivity index (χ1v) is 8.72. The Morgan fingerprint density at radius 2 is 1.67 bits per heavy atom. The van der Waals surface area contributed by atoms with Crippen LogP contribution < -0.4 is 4.74 Å². The summed E-state index contributed by atoms with van der Waals surface area (Å²) in [5, 5.41) is 30.0. The quantitative estimate of drug-likeness (QED) is 0.488. The number of benzene rings is 3. The molecule has 0 aliphatic heterocycles. The van der Waals surface area contributed by atoms with Gasteiger partial charge in [-0.1, -0.05) is 24.3 Å². The fourth-order valence-electron chi connectivity index (χ4n) is 2.58. The minimum Gasteiger partial charge on any atom is -0.508 e. The number of hydrogen-bond acceptors (Lipinski definition) is 5. The number of phenolic OH excluding ortho intramolecular Hbond substituents is 2. The van der Waals surface area contributed by atoms with E-state index < -0.39 is 0 Å². The highest BCUT2D eigenvalue weighted by Gasteiger charge is 2.10. The van der Waals surface area contributed by atoms with Gasteiger partial charge in [0.05, 0.1) is 21.1 Å². The molecule has 0 bridgehead atoms. The highest BCUT2D eigenvalue weighted by Crippen LogP contribution is 2.38. The summed E-state index contributed by atoms with van der Waals surface area (Å²) >= 11 is 0. The number of likely N-dealkylation sites (N-methyl/N-ethyl adjacent to an activating group) is 1. The van der Waals surface area contributed by atoms with Crippen molar-refractivity contribution >= 4 is 22.1 Å². The van der Waals surface area contributed by atoms with Crippen molar-refractivity contribution < 1.29 is 19.4 Å². The molecule has 0 saturated heterocycles. The fourth-order valence-corrected chi connectivity index (χ4v) is 2.58. The Hall–Kier alpha value is -3.12. The van der Waals surface area contributed by atoms with Crippen molar-refractivity contribution in [2.45, 2.75) is 0 Å². The van der Waals surface area contributed by atoms with E-state index in [9.17, 15) is 10.2 Å². The first-order valence-electron chi connectivity index (χ1n) is 8.72. The molecule has 3 aromatic carbocycles. The van der Waals surface area contributed by atoms with Gasteiger partial charge in [-0.2, -0.15) is 0 Å². The lowest BCUT2D eigenvalue weighted by Gasteiger charge is -2.23. The predicted octanol–water partition coefficient (Wildman–Crippen LogP) is 4.75.